The molecule has 0 spiro atoms. The van der Waals surface area contributed by atoms with Crippen molar-refractivity contribution >= 4 is 28.5 Å². The molecule has 3 aliphatic rings. The van der Waals surface area contributed by atoms with Gasteiger partial charge in [-0.2, -0.15) is 0 Å². The number of benzene rings is 2. The summed E-state index contributed by atoms with van der Waals surface area (Å²) in [4.78, 5) is 57.4. The van der Waals surface area contributed by atoms with E-state index in [0.29, 0.717) is 17.9 Å². The van der Waals surface area contributed by atoms with Crippen molar-refractivity contribution in [1.29, 1.82) is 0 Å². The summed E-state index contributed by atoms with van der Waals surface area (Å²) >= 11 is 0. The number of carbonyl (C=O) groups is 2. The molecule has 2 amide bonds. The zero-order valence-corrected chi connectivity index (χ0v) is 31.7. The van der Waals surface area contributed by atoms with E-state index in [1.807, 2.05) is 32.2 Å². The fourth-order valence-electron chi connectivity index (χ4n) is 8.45. The Morgan fingerprint density at radius 2 is 1.47 bits per heavy atom. The van der Waals surface area contributed by atoms with Gasteiger partial charge in [0.15, 0.2) is 0 Å². The Labute approximate surface area is 309 Å². The minimum Gasteiger partial charge on any atom is -0.496 e. The van der Waals surface area contributed by atoms with Crippen molar-refractivity contribution in [2.75, 3.05) is 64.9 Å². The fourth-order valence-corrected chi connectivity index (χ4v) is 8.45. The highest BCUT2D eigenvalue weighted by Gasteiger charge is 2.32. The van der Waals surface area contributed by atoms with Gasteiger partial charge in [-0.1, -0.05) is 0 Å². The van der Waals surface area contributed by atoms with Crippen LogP contribution in [0.5, 0.6) is 11.5 Å². The maximum absolute atomic E-state index is 13.2. The molecule has 3 aliphatic heterocycles. The molecule has 0 saturated carbocycles. The largest absolute Gasteiger partial charge is 0.496 e. The van der Waals surface area contributed by atoms with Gasteiger partial charge in [-0.15, -0.1) is 0 Å². The van der Waals surface area contributed by atoms with Gasteiger partial charge < -0.3 is 18.9 Å². The summed E-state index contributed by atoms with van der Waals surface area (Å²) in [5.41, 5.74) is 7.02. The molecule has 282 valence electrons. The number of ether oxygens (including phenoxy) is 2. The standard InChI is InChI=1S/C40H51N7O6/c1-25-26(2)39(50)42(3)23-30(25)28-19-35(52-5)31(36(20-28)53-6)24-44-13-11-27(12-14-44)22-45-15-17-46(18-16-45)29-7-8-32-34(21-29)43(4)40(51)47(32)33-9-10-37(48)41-38(33)49/h7-8,19-21,23,27,33H,9-18,22,24H2,1-6H3,(H,41,48,49). The first kappa shape index (κ1) is 36.5. The van der Waals surface area contributed by atoms with Crippen molar-refractivity contribution < 1.29 is 19.1 Å². The molecule has 4 aromatic rings. The second kappa shape index (κ2) is 14.9. The van der Waals surface area contributed by atoms with Crippen molar-refractivity contribution in [3.05, 3.63) is 74.1 Å². The number of nitrogens with zero attached hydrogens (tertiary/aromatic N) is 6. The van der Waals surface area contributed by atoms with Crippen LogP contribution in [0.15, 0.2) is 46.1 Å². The van der Waals surface area contributed by atoms with Crippen LogP contribution in [0.2, 0.25) is 0 Å². The number of aromatic nitrogens is 3. The lowest BCUT2D eigenvalue weighted by Crippen LogP contribution is -2.48. The Hall–Kier alpha value is -4.88. The monoisotopic (exact) mass is 725 g/mol. The first-order chi connectivity index (χ1) is 25.5. The third-order valence-corrected chi connectivity index (χ3v) is 11.8. The van der Waals surface area contributed by atoms with Gasteiger partial charge in [-0.25, -0.2) is 4.79 Å². The van der Waals surface area contributed by atoms with Gasteiger partial charge in [0.25, 0.3) is 5.56 Å². The van der Waals surface area contributed by atoms with Crippen LogP contribution in [-0.2, 0) is 30.2 Å². The summed E-state index contributed by atoms with van der Waals surface area (Å²) in [6.45, 7) is 11.5. The van der Waals surface area contributed by atoms with Crippen molar-refractivity contribution in [2.45, 2.75) is 52.1 Å². The van der Waals surface area contributed by atoms with Gasteiger partial charge in [-0.05, 0) is 93.6 Å². The predicted octanol–water partition coefficient (Wildman–Crippen LogP) is 3.35. The summed E-state index contributed by atoms with van der Waals surface area (Å²) < 4.78 is 16.6. The number of imidazole rings is 1. The van der Waals surface area contributed by atoms with E-state index in [2.05, 4.69) is 38.2 Å². The minimum absolute atomic E-state index is 0.0121. The summed E-state index contributed by atoms with van der Waals surface area (Å²) in [5, 5.41) is 2.38. The Kier molecular flexibility index (Phi) is 10.2. The van der Waals surface area contributed by atoms with E-state index in [-0.39, 0.29) is 23.6 Å². The summed E-state index contributed by atoms with van der Waals surface area (Å²) in [6, 6.07) is 9.47. The van der Waals surface area contributed by atoms with Gasteiger partial charge in [0.1, 0.15) is 17.5 Å². The molecule has 2 aromatic heterocycles. The maximum atomic E-state index is 13.2. The second-order valence-corrected chi connectivity index (χ2v) is 14.9. The number of likely N-dealkylation sites (tertiary alicyclic amines) is 1. The molecule has 13 nitrogen and oxygen atoms in total. The van der Waals surface area contributed by atoms with Gasteiger partial charge in [-0.3, -0.25) is 38.6 Å². The zero-order chi connectivity index (χ0) is 37.6. The molecule has 1 N–H and O–H groups in total. The molecule has 5 heterocycles. The van der Waals surface area contributed by atoms with E-state index >= 15 is 0 Å². The number of amides is 2. The smallest absolute Gasteiger partial charge is 0.329 e. The highest BCUT2D eigenvalue weighted by molar-refractivity contribution is 6.00. The van der Waals surface area contributed by atoms with E-state index in [1.54, 1.807) is 37.4 Å². The quantitative estimate of drug-likeness (QED) is 0.259. The number of fused-ring (bicyclic) bond motifs is 1. The number of rotatable bonds is 9. The van der Waals surface area contributed by atoms with Crippen molar-refractivity contribution in [1.82, 2.24) is 28.8 Å². The molecular formula is C40H51N7O6. The molecule has 13 heteroatoms. The average molecular weight is 726 g/mol. The van der Waals surface area contributed by atoms with Gasteiger partial charge >= 0.3 is 5.69 Å². The minimum atomic E-state index is -0.685. The highest BCUT2D eigenvalue weighted by atomic mass is 16.5. The summed E-state index contributed by atoms with van der Waals surface area (Å²) in [7, 11) is 6.93. The third-order valence-electron chi connectivity index (χ3n) is 11.8. The number of hydrogen-bond acceptors (Lipinski definition) is 9. The fraction of sp³-hybridized carbons (Fsp3) is 0.500. The Bertz CT molecular complexity index is 2140. The lowest BCUT2D eigenvalue weighted by atomic mass is 9.94. The van der Waals surface area contributed by atoms with Crippen LogP contribution in [0.3, 0.4) is 0 Å². The normalized spacial score (nSPS) is 19.2. The molecule has 3 saturated heterocycles. The SMILES string of the molecule is COc1cc(-c2cn(C)c(=O)c(C)c2C)cc(OC)c1CN1CCC(CN2CCN(c3ccc4c(c3)n(C)c(=O)n4C3CCC(=O)NC3=O)CC2)CC1. The predicted molar refractivity (Wildman–Crippen MR) is 205 cm³/mol. The van der Waals surface area contributed by atoms with Gasteiger partial charge in [0, 0.05) is 82.8 Å². The van der Waals surface area contributed by atoms with E-state index < -0.39 is 11.9 Å². The van der Waals surface area contributed by atoms with Crippen molar-refractivity contribution in [2.24, 2.45) is 20.0 Å². The van der Waals surface area contributed by atoms with E-state index in [0.717, 1.165) is 116 Å². The average Bonchev–Trinajstić information content (AvgIpc) is 3.41. The number of piperazine rings is 1. The molecular weight excluding hydrogens is 674 g/mol. The topological polar surface area (TPSA) is 123 Å². The number of pyridine rings is 1. The first-order valence-electron chi connectivity index (χ1n) is 18.6. The van der Waals surface area contributed by atoms with Crippen LogP contribution >= 0.6 is 0 Å². The Balaban J connectivity index is 0.947. The van der Waals surface area contributed by atoms with Crippen LogP contribution in [-0.4, -0.2) is 95.3 Å². The summed E-state index contributed by atoms with van der Waals surface area (Å²) in [6.07, 6.45) is 4.70. The van der Waals surface area contributed by atoms with E-state index in [9.17, 15) is 19.2 Å². The number of hydrogen-bond donors (Lipinski definition) is 1. The van der Waals surface area contributed by atoms with Gasteiger partial charge in [0.2, 0.25) is 11.8 Å². The lowest BCUT2D eigenvalue weighted by molar-refractivity contribution is -0.135. The zero-order valence-electron chi connectivity index (χ0n) is 31.7. The number of imide groups is 1. The first-order valence-corrected chi connectivity index (χ1v) is 18.6. The number of carbonyl (C=O) groups excluding carboxylic acids is 2. The molecule has 2 aromatic carbocycles. The highest BCUT2D eigenvalue weighted by Crippen LogP contribution is 2.38. The van der Waals surface area contributed by atoms with Gasteiger partial charge in [0.05, 0.1) is 30.8 Å². The Morgan fingerprint density at radius 3 is 2.11 bits per heavy atom. The number of anilines is 1. The molecule has 1 atom stereocenters. The molecule has 0 aliphatic carbocycles. The number of piperidine rings is 2. The van der Waals surface area contributed by atoms with E-state index in [1.165, 1.54) is 4.57 Å². The lowest BCUT2D eigenvalue weighted by Gasteiger charge is -2.39. The van der Waals surface area contributed by atoms with Crippen LogP contribution < -0.4 is 30.9 Å². The van der Waals surface area contributed by atoms with Crippen LogP contribution in [0.1, 0.15) is 48.4 Å². The molecule has 1 unspecified atom stereocenters. The number of methoxy groups -OCH3 is 2. The van der Waals surface area contributed by atoms with Crippen LogP contribution in [0.4, 0.5) is 5.69 Å². The molecule has 53 heavy (non-hydrogen) atoms. The van der Waals surface area contributed by atoms with Crippen molar-refractivity contribution in [3.63, 3.8) is 0 Å². The van der Waals surface area contributed by atoms with Crippen molar-refractivity contribution in [3.8, 4) is 22.6 Å². The third kappa shape index (κ3) is 6.99. The van der Waals surface area contributed by atoms with E-state index in [4.69, 9.17) is 9.47 Å². The molecule has 0 radical (unpaired) electrons. The number of aryl methyl sites for hydroxylation is 2. The molecule has 0 bridgehead atoms. The molecule has 3 fully saturated rings. The van der Waals surface area contributed by atoms with Crippen LogP contribution in [0, 0.1) is 19.8 Å². The molecule has 7 rings (SSSR count). The number of nitrogens with one attached hydrogen (secondary N) is 1. The second-order valence-electron chi connectivity index (χ2n) is 14.9. The Morgan fingerprint density at radius 1 is 0.792 bits per heavy atom. The van der Waals surface area contributed by atoms with Crippen LogP contribution in [0.25, 0.3) is 22.2 Å². The maximum Gasteiger partial charge on any atom is 0.329 e. The summed E-state index contributed by atoms with van der Waals surface area (Å²) in [5.74, 6) is 1.50.